The second kappa shape index (κ2) is 24.8. The number of nitriles is 1. The van der Waals surface area contributed by atoms with Crippen molar-refractivity contribution < 1.29 is 57.1 Å². The van der Waals surface area contributed by atoms with Gasteiger partial charge in [0.15, 0.2) is 0 Å². The molecule has 0 N–H and O–H groups in total. The van der Waals surface area contributed by atoms with Crippen LogP contribution in [0.5, 0.6) is 23.0 Å². The van der Waals surface area contributed by atoms with Gasteiger partial charge in [-0.1, -0.05) is 13.2 Å². The van der Waals surface area contributed by atoms with Gasteiger partial charge in [0.2, 0.25) is 0 Å². The van der Waals surface area contributed by atoms with E-state index in [1.165, 1.54) is 30.3 Å². The molecule has 3 aromatic carbocycles. The van der Waals surface area contributed by atoms with Crippen molar-refractivity contribution in [3.8, 4) is 29.1 Å². The van der Waals surface area contributed by atoms with Gasteiger partial charge in [0, 0.05) is 12.2 Å². The number of rotatable bonds is 25. The van der Waals surface area contributed by atoms with Crippen LogP contribution in [0.4, 0.5) is 0 Å². The van der Waals surface area contributed by atoms with Crippen molar-refractivity contribution >= 4 is 29.8 Å². The molecule has 0 aliphatic heterocycles. The van der Waals surface area contributed by atoms with Crippen molar-refractivity contribution in [1.82, 2.24) is 0 Å². The molecule has 3 aromatic rings. The minimum atomic E-state index is -0.880. The third kappa shape index (κ3) is 16.4. The Hall–Kier alpha value is -6.42. The number of carbonyl (C=O) groups excluding carboxylic acids is 5. The lowest BCUT2D eigenvalue weighted by molar-refractivity contribution is -0.138. The van der Waals surface area contributed by atoms with Crippen LogP contribution >= 0.6 is 0 Å². The van der Waals surface area contributed by atoms with E-state index >= 15 is 0 Å². The van der Waals surface area contributed by atoms with Crippen LogP contribution in [0.15, 0.2) is 92.0 Å². The minimum Gasteiger partial charge on any atom is -0.494 e. The molecular weight excluding hydrogens is 710 g/mol. The highest BCUT2D eigenvalue weighted by Crippen LogP contribution is 2.27. The van der Waals surface area contributed by atoms with Gasteiger partial charge in [-0.2, -0.15) is 5.26 Å². The number of ether oxygens (including phenoxy) is 7. The fourth-order valence-corrected chi connectivity index (χ4v) is 4.75. The standard InChI is InChI=1S/C42H45NO12/c1-3-38(44)51-27-11-7-5-9-25-49-33-18-14-31(15-19-33)40(46)54-35-22-23-37(36(30-35)42(48)53-29-13-24-43)55-41(47)32-16-20-34(21-17-32)50-26-10-6-8-12-28-52-39(45)4-2/h3-4,14-23,30H,1-2,5-13,25-29H2. The summed E-state index contributed by atoms with van der Waals surface area (Å²) in [5.41, 5.74) is 0.236. The highest BCUT2D eigenvalue weighted by Gasteiger charge is 2.21. The highest BCUT2D eigenvalue weighted by molar-refractivity contribution is 5.97. The van der Waals surface area contributed by atoms with Crippen LogP contribution in [0.3, 0.4) is 0 Å². The third-order valence-corrected chi connectivity index (χ3v) is 7.65. The first kappa shape index (κ1) is 43.0. The molecule has 55 heavy (non-hydrogen) atoms. The lowest BCUT2D eigenvalue weighted by Gasteiger charge is -2.12. The predicted octanol–water partition coefficient (Wildman–Crippen LogP) is 7.53. The molecule has 13 heteroatoms. The molecule has 0 bridgehead atoms. The Morgan fingerprint density at radius 3 is 1.45 bits per heavy atom. The quantitative estimate of drug-likeness (QED) is 0.0273. The molecule has 0 heterocycles. The second-order valence-electron chi connectivity index (χ2n) is 11.8. The maximum atomic E-state index is 13.0. The molecule has 0 spiro atoms. The first-order chi connectivity index (χ1) is 26.7. The molecule has 0 aliphatic carbocycles. The summed E-state index contributed by atoms with van der Waals surface area (Å²) < 4.78 is 37.6. The van der Waals surface area contributed by atoms with Gasteiger partial charge in [0.1, 0.15) is 35.2 Å². The molecule has 0 saturated heterocycles. The number of carbonyl (C=O) groups is 5. The topological polar surface area (TPSA) is 174 Å². The van der Waals surface area contributed by atoms with Crippen LogP contribution in [0.2, 0.25) is 0 Å². The maximum absolute atomic E-state index is 13.0. The smallest absolute Gasteiger partial charge is 0.343 e. The summed E-state index contributed by atoms with van der Waals surface area (Å²) >= 11 is 0. The highest BCUT2D eigenvalue weighted by atomic mass is 16.6. The van der Waals surface area contributed by atoms with E-state index < -0.39 is 29.8 Å². The summed E-state index contributed by atoms with van der Waals surface area (Å²) in [6, 6.07) is 18.5. The van der Waals surface area contributed by atoms with E-state index in [1.807, 2.05) is 6.07 Å². The maximum Gasteiger partial charge on any atom is 0.343 e. The van der Waals surface area contributed by atoms with Gasteiger partial charge in [0.05, 0.1) is 50.0 Å². The van der Waals surface area contributed by atoms with Gasteiger partial charge >= 0.3 is 29.8 Å². The Morgan fingerprint density at radius 2 is 0.982 bits per heavy atom. The van der Waals surface area contributed by atoms with Crippen molar-refractivity contribution in [2.75, 3.05) is 33.0 Å². The first-order valence-corrected chi connectivity index (χ1v) is 17.9. The molecule has 0 amide bonds. The van der Waals surface area contributed by atoms with Crippen LogP contribution in [0.25, 0.3) is 0 Å². The molecule has 0 saturated carbocycles. The van der Waals surface area contributed by atoms with Crippen LogP contribution in [-0.2, 0) is 23.8 Å². The summed E-state index contributed by atoms with van der Waals surface area (Å²) in [6.07, 6.45) is 8.86. The molecule has 13 nitrogen and oxygen atoms in total. The van der Waals surface area contributed by atoms with Crippen molar-refractivity contribution in [3.05, 3.63) is 109 Å². The van der Waals surface area contributed by atoms with Gasteiger partial charge in [-0.05, 0) is 118 Å². The number of unbranched alkanes of at least 4 members (excludes halogenated alkanes) is 6. The molecule has 3 rings (SSSR count). The fraction of sp³-hybridized carbons (Fsp3) is 0.333. The number of benzene rings is 3. The van der Waals surface area contributed by atoms with Crippen LogP contribution in [-0.4, -0.2) is 62.9 Å². The van der Waals surface area contributed by atoms with Gasteiger partial charge in [-0.25, -0.2) is 24.0 Å². The summed E-state index contributed by atoms with van der Waals surface area (Å²) in [5, 5.41) is 8.86. The van der Waals surface area contributed by atoms with E-state index in [0.29, 0.717) is 37.9 Å². The molecule has 0 radical (unpaired) electrons. The van der Waals surface area contributed by atoms with Crippen molar-refractivity contribution in [3.63, 3.8) is 0 Å². The van der Waals surface area contributed by atoms with E-state index in [4.69, 9.17) is 38.4 Å². The summed E-state index contributed by atoms with van der Waals surface area (Å²) in [4.78, 5) is 61.0. The second-order valence-corrected chi connectivity index (χ2v) is 11.8. The van der Waals surface area contributed by atoms with E-state index in [-0.39, 0.29) is 41.2 Å². The fourth-order valence-electron chi connectivity index (χ4n) is 4.75. The Labute approximate surface area is 320 Å². The van der Waals surface area contributed by atoms with Crippen LogP contribution < -0.4 is 18.9 Å². The van der Waals surface area contributed by atoms with Gasteiger partial charge in [-0.15, -0.1) is 0 Å². The largest absolute Gasteiger partial charge is 0.494 e. The molecule has 0 atom stereocenters. The van der Waals surface area contributed by atoms with Gasteiger partial charge in [0.25, 0.3) is 0 Å². The van der Waals surface area contributed by atoms with Crippen molar-refractivity contribution in [1.29, 1.82) is 5.26 Å². The molecule has 0 unspecified atom stereocenters. The summed E-state index contributed by atoms with van der Waals surface area (Å²) in [7, 11) is 0. The van der Waals surface area contributed by atoms with Crippen LogP contribution in [0.1, 0.15) is 88.9 Å². The Bertz CT molecular complexity index is 1780. The van der Waals surface area contributed by atoms with E-state index in [0.717, 1.165) is 63.5 Å². The molecule has 0 aromatic heterocycles. The predicted molar refractivity (Wildman–Crippen MR) is 200 cm³/mol. The Kier molecular flexibility index (Phi) is 19.3. The molecule has 0 aliphatic rings. The zero-order chi connectivity index (χ0) is 39.7. The van der Waals surface area contributed by atoms with Gasteiger partial charge in [-0.3, -0.25) is 0 Å². The van der Waals surface area contributed by atoms with E-state index in [2.05, 4.69) is 13.2 Å². The molecule has 290 valence electrons. The van der Waals surface area contributed by atoms with E-state index in [1.54, 1.807) is 36.4 Å². The Balaban J connectivity index is 1.52. The average molecular weight is 756 g/mol. The SMILES string of the molecule is C=CC(=O)OCCCCCCOc1ccc(C(=O)Oc2ccc(OC(=O)c3ccc(OCCCCCCOC(=O)C=C)cc3)c(C(=O)OCCC#N)c2)cc1. The first-order valence-electron chi connectivity index (χ1n) is 17.9. The van der Waals surface area contributed by atoms with E-state index in [9.17, 15) is 24.0 Å². The molecule has 0 fully saturated rings. The number of hydrogen-bond donors (Lipinski definition) is 0. The number of esters is 5. The summed E-state index contributed by atoms with van der Waals surface area (Å²) in [6.45, 7) is 8.15. The minimum absolute atomic E-state index is 0.00533. The Morgan fingerprint density at radius 1 is 0.527 bits per heavy atom. The van der Waals surface area contributed by atoms with Crippen molar-refractivity contribution in [2.45, 2.75) is 57.8 Å². The van der Waals surface area contributed by atoms with Crippen LogP contribution in [0, 0.1) is 11.3 Å². The monoisotopic (exact) mass is 755 g/mol. The lowest BCUT2D eigenvalue weighted by atomic mass is 10.1. The average Bonchev–Trinajstić information content (AvgIpc) is 3.20. The number of nitrogens with zero attached hydrogens (tertiary/aromatic N) is 1. The van der Waals surface area contributed by atoms with Gasteiger partial charge < -0.3 is 33.2 Å². The zero-order valence-corrected chi connectivity index (χ0v) is 30.7. The zero-order valence-electron chi connectivity index (χ0n) is 30.7. The number of hydrogen-bond acceptors (Lipinski definition) is 13. The van der Waals surface area contributed by atoms with Crippen molar-refractivity contribution in [2.24, 2.45) is 0 Å². The third-order valence-electron chi connectivity index (χ3n) is 7.65. The normalized spacial score (nSPS) is 10.2. The molecular formula is C42H45NO12. The summed E-state index contributed by atoms with van der Waals surface area (Å²) in [5.74, 6) is -2.22. The lowest BCUT2D eigenvalue weighted by Crippen LogP contribution is -2.14.